The third-order valence-corrected chi connectivity index (χ3v) is 6.14. The van der Waals surface area contributed by atoms with Crippen LogP contribution in [0.3, 0.4) is 0 Å². The van der Waals surface area contributed by atoms with E-state index in [9.17, 15) is 4.39 Å². The Labute approximate surface area is 165 Å². The first kappa shape index (κ1) is 17.5. The van der Waals surface area contributed by atoms with Crippen LogP contribution in [0.5, 0.6) is 5.75 Å². The van der Waals surface area contributed by atoms with Gasteiger partial charge in [-0.15, -0.1) is 0 Å². The maximum absolute atomic E-state index is 14.0. The molecule has 1 saturated heterocycles. The summed E-state index contributed by atoms with van der Waals surface area (Å²) in [5, 5.41) is 0. The molecule has 0 radical (unpaired) electrons. The summed E-state index contributed by atoms with van der Waals surface area (Å²) in [4.78, 5) is 2.36. The second kappa shape index (κ2) is 7.44. The molecule has 2 aliphatic heterocycles. The fourth-order valence-corrected chi connectivity index (χ4v) is 4.58. The average molecular weight is 376 g/mol. The maximum Gasteiger partial charge on any atom is 0.141 e. The number of para-hydroxylation sites is 1. The zero-order chi connectivity index (χ0) is 18.9. The molecule has 1 fully saturated rings. The highest BCUT2D eigenvalue weighted by molar-refractivity contribution is 5.36. The first-order valence-electron chi connectivity index (χ1n) is 10.1. The van der Waals surface area contributed by atoms with Crippen LogP contribution in [0.2, 0.25) is 0 Å². The van der Waals surface area contributed by atoms with Crippen molar-refractivity contribution >= 4 is 0 Å². The molecular weight excluding hydrogens is 351 g/mol. The van der Waals surface area contributed by atoms with Gasteiger partial charge in [-0.3, -0.25) is 4.90 Å². The fourth-order valence-electron chi connectivity index (χ4n) is 4.58. The van der Waals surface area contributed by atoms with Crippen molar-refractivity contribution in [1.29, 1.82) is 0 Å². The van der Waals surface area contributed by atoms with Gasteiger partial charge in [0.15, 0.2) is 0 Å². The number of fused-ring (bicyclic) bond motifs is 2. The van der Waals surface area contributed by atoms with Crippen molar-refractivity contribution in [3.8, 4) is 5.75 Å². The molecule has 4 heteroatoms. The normalized spacial score (nSPS) is 20.1. The first-order valence-corrected chi connectivity index (χ1v) is 10.1. The first-order chi connectivity index (χ1) is 13.8. The Balaban J connectivity index is 1.32. The summed E-state index contributed by atoms with van der Waals surface area (Å²) in [5.74, 6) is 1.37. The molecular formula is C24H25FN2O. The molecule has 1 unspecified atom stereocenters. The van der Waals surface area contributed by atoms with Gasteiger partial charge in [0.25, 0.3) is 0 Å². The van der Waals surface area contributed by atoms with E-state index in [1.165, 1.54) is 11.3 Å². The number of aromatic nitrogens is 1. The van der Waals surface area contributed by atoms with Gasteiger partial charge in [0.2, 0.25) is 0 Å². The average Bonchev–Trinajstić information content (AvgIpc) is 3.11. The molecule has 0 N–H and O–H groups in total. The molecule has 0 saturated carbocycles. The van der Waals surface area contributed by atoms with E-state index < -0.39 is 0 Å². The van der Waals surface area contributed by atoms with Gasteiger partial charge in [-0.2, -0.15) is 0 Å². The number of hydrogen-bond donors (Lipinski definition) is 0. The van der Waals surface area contributed by atoms with Crippen LogP contribution in [-0.2, 0) is 13.1 Å². The van der Waals surface area contributed by atoms with Crippen molar-refractivity contribution in [3.63, 3.8) is 0 Å². The molecule has 0 amide bonds. The van der Waals surface area contributed by atoms with E-state index >= 15 is 0 Å². The quantitative estimate of drug-likeness (QED) is 0.638. The minimum atomic E-state index is -0.105. The molecule has 5 rings (SSSR count). The molecule has 1 aromatic heterocycles. The number of likely N-dealkylation sites (tertiary alicyclic amines) is 1. The Morgan fingerprint density at radius 2 is 1.71 bits per heavy atom. The predicted molar refractivity (Wildman–Crippen MR) is 108 cm³/mol. The highest BCUT2D eigenvalue weighted by atomic mass is 19.1. The molecule has 2 aromatic carbocycles. The fraction of sp³-hybridized carbons (Fsp3) is 0.333. The van der Waals surface area contributed by atoms with E-state index in [2.05, 4.69) is 46.0 Å². The van der Waals surface area contributed by atoms with E-state index in [0.29, 0.717) is 12.5 Å². The van der Waals surface area contributed by atoms with Crippen LogP contribution < -0.4 is 4.74 Å². The summed E-state index contributed by atoms with van der Waals surface area (Å²) in [6, 6.07) is 19.8. The topological polar surface area (TPSA) is 17.4 Å². The van der Waals surface area contributed by atoms with Crippen molar-refractivity contribution in [3.05, 3.63) is 89.5 Å². The van der Waals surface area contributed by atoms with Gasteiger partial charge in [0, 0.05) is 29.8 Å². The minimum absolute atomic E-state index is 0.0780. The van der Waals surface area contributed by atoms with Crippen molar-refractivity contribution in [2.24, 2.45) is 5.92 Å². The summed E-state index contributed by atoms with van der Waals surface area (Å²) in [7, 11) is 0. The highest BCUT2D eigenvalue weighted by Gasteiger charge is 2.33. The largest absolute Gasteiger partial charge is 0.484 e. The second-order valence-corrected chi connectivity index (χ2v) is 7.91. The Morgan fingerprint density at radius 3 is 2.57 bits per heavy atom. The smallest absolute Gasteiger partial charge is 0.141 e. The van der Waals surface area contributed by atoms with Gasteiger partial charge in [0.05, 0.1) is 12.2 Å². The number of halogens is 1. The Bertz CT molecular complexity index is 958. The van der Waals surface area contributed by atoms with Crippen molar-refractivity contribution in [1.82, 2.24) is 9.47 Å². The molecule has 3 aromatic rings. The highest BCUT2D eigenvalue weighted by Crippen LogP contribution is 2.39. The van der Waals surface area contributed by atoms with Gasteiger partial charge >= 0.3 is 0 Å². The monoisotopic (exact) mass is 376 g/mol. The van der Waals surface area contributed by atoms with Crippen LogP contribution in [0, 0.1) is 11.7 Å². The number of rotatable bonds is 3. The second-order valence-electron chi connectivity index (χ2n) is 7.91. The van der Waals surface area contributed by atoms with E-state index in [-0.39, 0.29) is 11.9 Å². The molecule has 3 heterocycles. The summed E-state index contributed by atoms with van der Waals surface area (Å²) >= 11 is 0. The van der Waals surface area contributed by atoms with E-state index in [1.807, 2.05) is 18.2 Å². The molecule has 3 nitrogen and oxygen atoms in total. The van der Waals surface area contributed by atoms with Gasteiger partial charge in [-0.05, 0) is 50.2 Å². The number of nitrogens with zero attached hydrogens (tertiary/aromatic N) is 2. The number of hydrogen-bond acceptors (Lipinski definition) is 2. The standard InChI is InChI=1S/C24H25FN2O/c25-21-8-3-1-6-19(21)16-26-14-11-18(12-15-26)24-22-9-5-13-27(22)17-20-7-2-4-10-23(20)28-24/h1-10,13,18,24H,11-12,14-17H2. The molecule has 1 atom stereocenters. The predicted octanol–water partition coefficient (Wildman–Crippen LogP) is 5.02. The molecule has 0 spiro atoms. The summed E-state index contributed by atoms with van der Waals surface area (Å²) in [5.41, 5.74) is 3.29. The lowest BCUT2D eigenvalue weighted by Crippen LogP contribution is -2.36. The van der Waals surface area contributed by atoms with Crippen molar-refractivity contribution in [2.45, 2.75) is 32.0 Å². The van der Waals surface area contributed by atoms with Gasteiger partial charge in [0.1, 0.15) is 17.7 Å². The molecule has 144 valence electrons. The van der Waals surface area contributed by atoms with Gasteiger partial charge in [-0.1, -0.05) is 36.4 Å². The van der Waals surface area contributed by atoms with E-state index in [1.54, 1.807) is 12.1 Å². The molecule has 2 aliphatic rings. The summed E-state index contributed by atoms with van der Waals surface area (Å²) in [6.07, 6.45) is 4.36. The number of benzene rings is 2. The molecule has 28 heavy (non-hydrogen) atoms. The van der Waals surface area contributed by atoms with E-state index in [4.69, 9.17) is 4.74 Å². The third-order valence-electron chi connectivity index (χ3n) is 6.14. The Hall–Kier alpha value is -2.59. The SMILES string of the molecule is Fc1ccccc1CN1CCC(C2Oc3ccccc3Cn3cccc32)CC1. The van der Waals surface area contributed by atoms with Crippen LogP contribution in [0.1, 0.15) is 35.8 Å². The third kappa shape index (κ3) is 3.33. The molecule has 0 aliphatic carbocycles. The Kier molecular flexibility index (Phi) is 4.65. The van der Waals surface area contributed by atoms with Crippen molar-refractivity contribution < 1.29 is 9.13 Å². The van der Waals surface area contributed by atoms with Crippen LogP contribution in [0.4, 0.5) is 4.39 Å². The lowest BCUT2D eigenvalue weighted by Gasteiger charge is -2.36. The van der Waals surface area contributed by atoms with Crippen LogP contribution in [0.15, 0.2) is 66.9 Å². The molecule has 0 bridgehead atoms. The summed E-state index contributed by atoms with van der Waals surface area (Å²) < 4.78 is 22.9. The summed E-state index contributed by atoms with van der Waals surface area (Å²) in [6.45, 7) is 3.49. The van der Waals surface area contributed by atoms with E-state index in [0.717, 1.165) is 43.8 Å². The minimum Gasteiger partial charge on any atom is -0.484 e. The number of piperidine rings is 1. The van der Waals surface area contributed by atoms with Crippen LogP contribution in [0.25, 0.3) is 0 Å². The van der Waals surface area contributed by atoms with Gasteiger partial charge < -0.3 is 9.30 Å². The number of ether oxygens (including phenoxy) is 1. The lowest BCUT2D eigenvalue weighted by molar-refractivity contribution is 0.0712. The van der Waals surface area contributed by atoms with Crippen molar-refractivity contribution in [2.75, 3.05) is 13.1 Å². The zero-order valence-electron chi connectivity index (χ0n) is 15.9. The van der Waals surface area contributed by atoms with Gasteiger partial charge in [-0.25, -0.2) is 4.39 Å². The maximum atomic E-state index is 14.0. The van der Waals surface area contributed by atoms with Crippen LogP contribution in [-0.4, -0.2) is 22.6 Å². The zero-order valence-corrected chi connectivity index (χ0v) is 15.9. The Morgan fingerprint density at radius 1 is 0.929 bits per heavy atom. The lowest BCUT2D eigenvalue weighted by atomic mass is 9.89. The van der Waals surface area contributed by atoms with Crippen LogP contribution >= 0.6 is 0 Å².